The van der Waals surface area contributed by atoms with Gasteiger partial charge in [-0.1, -0.05) is 18.9 Å². The fraction of sp³-hybridized carbons (Fsp3) is 0.667. The van der Waals surface area contributed by atoms with Crippen LogP contribution >= 0.6 is 0 Å². The van der Waals surface area contributed by atoms with Crippen LogP contribution in [0.3, 0.4) is 0 Å². The van der Waals surface area contributed by atoms with Crippen molar-refractivity contribution in [2.75, 3.05) is 20.7 Å². The normalized spacial score (nSPS) is 38.2. The number of methoxy groups -OCH3 is 1. The molecular formula is C18H25NO. The van der Waals surface area contributed by atoms with Crippen LogP contribution in [0.15, 0.2) is 18.1 Å². The molecule has 1 aromatic rings. The fourth-order valence-electron chi connectivity index (χ4n) is 5.02. The quantitative estimate of drug-likeness (QED) is 0.778. The molecular weight excluding hydrogens is 246 g/mol. The van der Waals surface area contributed by atoms with Gasteiger partial charge in [-0.05, 0) is 68.4 Å². The zero-order valence-corrected chi connectivity index (χ0v) is 12.5. The van der Waals surface area contributed by atoms with Gasteiger partial charge in [-0.25, -0.2) is 0 Å². The highest BCUT2D eigenvalue weighted by Crippen LogP contribution is 2.55. The first kappa shape index (κ1) is 9.83. The predicted molar refractivity (Wildman–Crippen MR) is 81.4 cm³/mol. The lowest BCUT2D eigenvalue weighted by Gasteiger charge is -2.58. The second-order valence-electron chi connectivity index (χ2n) is 6.77. The zero-order chi connectivity index (χ0) is 16.4. The number of benzene rings is 1. The third-order valence-electron chi connectivity index (χ3n) is 6.02. The molecule has 0 N–H and O–H groups in total. The number of piperidine rings is 1. The third kappa shape index (κ3) is 1.60. The van der Waals surface area contributed by atoms with E-state index >= 15 is 0 Å². The summed E-state index contributed by atoms with van der Waals surface area (Å²) in [4.78, 5) is 2.45. The topological polar surface area (TPSA) is 12.5 Å². The van der Waals surface area contributed by atoms with Gasteiger partial charge in [0.05, 0.1) is 11.2 Å². The summed E-state index contributed by atoms with van der Waals surface area (Å²) >= 11 is 0. The Labute approximate surface area is 126 Å². The van der Waals surface area contributed by atoms with Crippen LogP contribution < -0.4 is 4.74 Å². The lowest BCUT2D eigenvalue weighted by atomic mass is 9.52. The Morgan fingerprint density at radius 2 is 2.25 bits per heavy atom. The Kier molecular flexibility index (Phi) is 2.21. The first-order chi connectivity index (χ1) is 11.0. The molecule has 3 aliphatic rings. The molecule has 2 bridgehead atoms. The van der Waals surface area contributed by atoms with Crippen LogP contribution in [-0.2, 0) is 11.8 Å². The van der Waals surface area contributed by atoms with Gasteiger partial charge < -0.3 is 9.64 Å². The smallest absolute Gasteiger partial charge is 0.119 e. The van der Waals surface area contributed by atoms with Gasteiger partial charge in [0.25, 0.3) is 0 Å². The third-order valence-corrected chi connectivity index (χ3v) is 6.02. The minimum atomic E-state index is 0.0386. The second kappa shape index (κ2) is 4.49. The number of fused-ring (bicyclic) bond motifs is 1. The Morgan fingerprint density at radius 1 is 1.35 bits per heavy atom. The van der Waals surface area contributed by atoms with E-state index in [4.69, 9.17) is 8.85 Å². The standard InChI is InChI=1S/C18H25NO/c1-19-10-9-18-8-4-3-5-15(18)17(19)11-13-6-7-14(20-2)12-16(13)18/h6-7,12,15,17H,3-5,8-11H2,1-2H3/t15?,17-,18-/m0/s1/i6D,7D,12D. The molecule has 1 aliphatic heterocycles. The van der Waals surface area contributed by atoms with Crippen molar-refractivity contribution < 1.29 is 8.85 Å². The largest absolute Gasteiger partial charge is 0.497 e. The molecule has 4 rings (SSSR count). The summed E-state index contributed by atoms with van der Waals surface area (Å²) in [6.45, 7) is 1.07. The van der Waals surface area contributed by atoms with E-state index in [-0.39, 0.29) is 17.5 Å². The molecule has 2 fully saturated rings. The summed E-state index contributed by atoms with van der Waals surface area (Å²) in [6, 6.07) is 1.23. The van der Waals surface area contributed by atoms with E-state index < -0.39 is 0 Å². The number of ether oxygens (including phenoxy) is 1. The summed E-state index contributed by atoms with van der Waals surface area (Å²) in [5, 5.41) is 0. The number of nitrogens with zero attached hydrogens (tertiary/aromatic N) is 1. The summed E-state index contributed by atoms with van der Waals surface area (Å²) in [7, 11) is 3.72. The van der Waals surface area contributed by atoms with Gasteiger partial charge in [-0.2, -0.15) is 0 Å². The van der Waals surface area contributed by atoms with Gasteiger partial charge in [-0.15, -0.1) is 0 Å². The fourth-order valence-corrected chi connectivity index (χ4v) is 5.02. The number of likely N-dealkylation sites (tertiary alicyclic amines) is 1. The van der Waals surface area contributed by atoms with Crippen molar-refractivity contribution in [2.24, 2.45) is 5.92 Å². The second-order valence-corrected chi connectivity index (χ2v) is 6.77. The molecule has 1 saturated carbocycles. The SMILES string of the molecule is [2H]c1c([2H])c(OC)c([2H])c2c1C[C@H]1C3CCCC[C@@]23CCN1C. The highest BCUT2D eigenvalue weighted by Gasteiger charge is 2.53. The lowest BCUT2D eigenvalue weighted by molar-refractivity contribution is 0.00274. The van der Waals surface area contributed by atoms with Gasteiger partial charge in [-0.3, -0.25) is 0 Å². The van der Waals surface area contributed by atoms with Crippen molar-refractivity contribution in [3.63, 3.8) is 0 Å². The molecule has 0 aromatic heterocycles. The molecule has 1 saturated heterocycles. The van der Waals surface area contributed by atoms with Crippen molar-refractivity contribution in [3.8, 4) is 5.75 Å². The molecule has 2 heteroatoms. The lowest BCUT2D eigenvalue weighted by Crippen LogP contribution is -2.59. The summed E-state index contributed by atoms with van der Waals surface area (Å²) in [5.74, 6) is 0.886. The summed E-state index contributed by atoms with van der Waals surface area (Å²) < 4.78 is 30.8. The van der Waals surface area contributed by atoms with E-state index in [1.807, 2.05) is 0 Å². The van der Waals surface area contributed by atoms with E-state index in [1.165, 1.54) is 26.4 Å². The predicted octanol–water partition coefficient (Wildman–Crippen LogP) is 3.38. The average Bonchev–Trinajstić information content (AvgIpc) is 2.56. The van der Waals surface area contributed by atoms with E-state index in [9.17, 15) is 0 Å². The number of hydrogen-bond donors (Lipinski definition) is 0. The van der Waals surface area contributed by atoms with Gasteiger partial charge in [0, 0.05) is 11.5 Å². The molecule has 2 aliphatic carbocycles. The van der Waals surface area contributed by atoms with Crippen LogP contribution in [0.25, 0.3) is 0 Å². The maximum Gasteiger partial charge on any atom is 0.119 e. The van der Waals surface area contributed by atoms with Crippen molar-refractivity contribution in [1.82, 2.24) is 4.90 Å². The van der Waals surface area contributed by atoms with Gasteiger partial charge in [0.1, 0.15) is 5.75 Å². The highest BCUT2D eigenvalue weighted by molar-refractivity contribution is 5.45. The van der Waals surface area contributed by atoms with Crippen LogP contribution in [0.2, 0.25) is 0 Å². The molecule has 0 amide bonds. The van der Waals surface area contributed by atoms with Gasteiger partial charge >= 0.3 is 0 Å². The molecule has 1 heterocycles. The summed E-state index contributed by atoms with van der Waals surface area (Å²) in [6.07, 6.45) is 6.74. The molecule has 1 unspecified atom stereocenters. The first-order valence-corrected chi connectivity index (χ1v) is 7.88. The van der Waals surface area contributed by atoms with Crippen LogP contribution in [0.5, 0.6) is 5.75 Å². The van der Waals surface area contributed by atoms with Crippen molar-refractivity contribution >= 4 is 0 Å². The molecule has 2 nitrogen and oxygen atoms in total. The Hall–Kier alpha value is -1.02. The van der Waals surface area contributed by atoms with Crippen molar-refractivity contribution in [2.45, 2.75) is 50.0 Å². The zero-order valence-electron chi connectivity index (χ0n) is 15.5. The van der Waals surface area contributed by atoms with Gasteiger partial charge in [0.15, 0.2) is 0 Å². The van der Waals surface area contributed by atoms with Crippen molar-refractivity contribution in [3.05, 3.63) is 29.3 Å². The van der Waals surface area contributed by atoms with E-state index in [1.54, 1.807) is 0 Å². The van der Waals surface area contributed by atoms with Crippen LogP contribution in [0.1, 0.15) is 47.3 Å². The van der Waals surface area contributed by atoms with Crippen LogP contribution in [0.4, 0.5) is 0 Å². The van der Waals surface area contributed by atoms with E-state index in [0.717, 1.165) is 36.9 Å². The van der Waals surface area contributed by atoms with Crippen molar-refractivity contribution in [1.29, 1.82) is 0 Å². The minimum Gasteiger partial charge on any atom is -0.497 e. The monoisotopic (exact) mass is 274 g/mol. The molecule has 3 atom stereocenters. The molecule has 1 aromatic carbocycles. The van der Waals surface area contributed by atoms with Gasteiger partial charge in [0.2, 0.25) is 0 Å². The maximum atomic E-state index is 8.71. The van der Waals surface area contributed by atoms with E-state index in [2.05, 4.69) is 11.9 Å². The first-order valence-electron chi connectivity index (χ1n) is 9.38. The molecule has 20 heavy (non-hydrogen) atoms. The Balaban J connectivity index is 2.01. The minimum absolute atomic E-state index is 0.0386. The number of hydrogen-bond acceptors (Lipinski definition) is 2. The molecule has 108 valence electrons. The van der Waals surface area contributed by atoms with Crippen LogP contribution in [-0.4, -0.2) is 31.6 Å². The number of rotatable bonds is 1. The summed E-state index contributed by atoms with van der Waals surface area (Å²) in [5.41, 5.74) is 2.05. The Morgan fingerprint density at radius 3 is 3.10 bits per heavy atom. The average molecular weight is 274 g/mol. The molecule has 0 radical (unpaired) electrons. The Bertz CT molecular complexity index is 662. The number of likely N-dealkylation sites (N-methyl/N-ethyl adjacent to an activating group) is 1. The maximum absolute atomic E-state index is 8.71. The van der Waals surface area contributed by atoms with E-state index in [0.29, 0.717) is 23.8 Å². The highest BCUT2D eigenvalue weighted by atomic mass is 16.5. The van der Waals surface area contributed by atoms with Crippen LogP contribution in [0, 0.1) is 5.92 Å². The molecule has 0 spiro atoms.